The second kappa shape index (κ2) is 6.96. The largest absolute Gasteiger partial charge is 0.465 e. The van der Waals surface area contributed by atoms with Crippen LogP contribution in [0.2, 0.25) is 0 Å². The molecule has 0 atom stereocenters. The van der Waals surface area contributed by atoms with E-state index < -0.39 is 12.7 Å². The highest BCUT2D eigenvalue weighted by Crippen LogP contribution is 2.20. The smallest absolute Gasteiger partial charge is 0.401 e. The van der Waals surface area contributed by atoms with E-state index in [4.69, 9.17) is 4.42 Å². The van der Waals surface area contributed by atoms with Crippen LogP contribution in [0.3, 0.4) is 0 Å². The lowest BCUT2D eigenvalue weighted by Gasteiger charge is -2.17. The van der Waals surface area contributed by atoms with Gasteiger partial charge in [-0.15, -0.1) is 0 Å². The van der Waals surface area contributed by atoms with Crippen LogP contribution in [0.5, 0.6) is 0 Å². The Balaban J connectivity index is 2.54. The molecule has 0 unspecified atom stereocenters. The minimum absolute atomic E-state index is 0.239. The summed E-state index contributed by atoms with van der Waals surface area (Å²) >= 11 is 0. The van der Waals surface area contributed by atoms with Gasteiger partial charge in [-0.25, -0.2) is 0 Å². The topological polar surface area (TPSA) is 28.4 Å². The summed E-state index contributed by atoms with van der Waals surface area (Å²) in [6, 6.07) is 1.82. The van der Waals surface area contributed by atoms with Crippen molar-refractivity contribution in [3.63, 3.8) is 0 Å². The Morgan fingerprint density at radius 3 is 2.63 bits per heavy atom. The quantitative estimate of drug-likeness (QED) is 0.777. The molecule has 1 heterocycles. The van der Waals surface area contributed by atoms with Gasteiger partial charge in [0.1, 0.15) is 11.5 Å². The van der Waals surface area contributed by atoms with Gasteiger partial charge in [0.25, 0.3) is 0 Å². The summed E-state index contributed by atoms with van der Waals surface area (Å²) in [5.41, 5.74) is 0.806. The Morgan fingerprint density at radius 2 is 2.05 bits per heavy atom. The van der Waals surface area contributed by atoms with Gasteiger partial charge in [-0.3, -0.25) is 4.90 Å². The Kier molecular flexibility index (Phi) is 5.87. The maximum absolute atomic E-state index is 12.2. The minimum Gasteiger partial charge on any atom is -0.465 e. The van der Waals surface area contributed by atoms with E-state index in [0.717, 1.165) is 24.3 Å². The lowest BCUT2D eigenvalue weighted by atomic mass is 10.2. The Morgan fingerprint density at radius 1 is 1.37 bits per heavy atom. The Hall–Kier alpha value is -1.01. The van der Waals surface area contributed by atoms with Crippen molar-refractivity contribution >= 4 is 0 Å². The van der Waals surface area contributed by atoms with Crippen molar-refractivity contribution in [2.24, 2.45) is 0 Å². The Bertz CT molecular complexity index is 388. The first-order valence-electron chi connectivity index (χ1n) is 6.36. The third kappa shape index (κ3) is 6.11. The summed E-state index contributed by atoms with van der Waals surface area (Å²) in [5.74, 6) is 1.45. The van der Waals surface area contributed by atoms with E-state index in [1.807, 2.05) is 6.07 Å². The van der Waals surface area contributed by atoms with Crippen LogP contribution < -0.4 is 5.32 Å². The van der Waals surface area contributed by atoms with Crippen LogP contribution in [0, 0.1) is 6.92 Å². The first-order valence-corrected chi connectivity index (χ1v) is 6.36. The zero-order valence-electron chi connectivity index (χ0n) is 11.6. The van der Waals surface area contributed by atoms with Crippen molar-refractivity contribution in [2.75, 3.05) is 20.1 Å². The molecule has 0 amide bonds. The molecule has 0 aliphatic rings. The zero-order valence-corrected chi connectivity index (χ0v) is 11.6. The van der Waals surface area contributed by atoms with Gasteiger partial charge in [-0.1, -0.05) is 6.92 Å². The molecule has 1 N–H and O–H groups in total. The summed E-state index contributed by atoms with van der Waals surface area (Å²) < 4.78 is 42.3. The molecule has 0 spiro atoms. The fourth-order valence-electron chi connectivity index (χ4n) is 1.87. The molecule has 110 valence electrons. The standard InChI is InChI=1S/C13H21F3N2O/c1-4-5-17-7-12-6-11(10(2)19-12)8-18(3)9-13(14,15)16/h6,17H,4-5,7-9H2,1-3H3. The minimum atomic E-state index is -4.17. The zero-order chi connectivity index (χ0) is 14.5. The molecule has 1 aromatic rings. The highest BCUT2D eigenvalue weighted by atomic mass is 19.4. The van der Waals surface area contributed by atoms with Gasteiger partial charge < -0.3 is 9.73 Å². The van der Waals surface area contributed by atoms with Gasteiger partial charge in [0, 0.05) is 12.1 Å². The molecule has 3 nitrogen and oxygen atoms in total. The van der Waals surface area contributed by atoms with E-state index in [9.17, 15) is 13.2 Å². The molecule has 6 heteroatoms. The summed E-state index contributed by atoms with van der Waals surface area (Å²) in [4.78, 5) is 1.24. The Labute approximate surface area is 111 Å². The van der Waals surface area contributed by atoms with Crippen molar-refractivity contribution in [3.8, 4) is 0 Å². The second-order valence-electron chi connectivity index (χ2n) is 4.76. The predicted molar refractivity (Wildman–Crippen MR) is 67.8 cm³/mol. The maximum atomic E-state index is 12.2. The highest BCUT2D eigenvalue weighted by Gasteiger charge is 2.29. The molecule has 0 aliphatic carbocycles. The number of rotatable bonds is 7. The number of halogens is 3. The fraction of sp³-hybridized carbons (Fsp3) is 0.692. The van der Waals surface area contributed by atoms with Crippen LogP contribution in [-0.2, 0) is 13.1 Å². The third-order valence-corrected chi connectivity index (χ3v) is 2.69. The molecule has 1 rings (SSSR count). The number of aryl methyl sites for hydroxylation is 1. The lowest BCUT2D eigenvalue weighted by Crippen LogP contribution is -2.30. The highest BCUT2D eigenvalue weighted by molar-refractivity contribution is 5.20. The van der Waals surface area contributed by atoms with Crippen molar-refractivity contribution in [2.45, 2.75) is 39.5 Å². The first kappa shape index (κ1) is 16.0. The van der Waals surface area contributed by atoms with Crippen molar-refractivity contribution in [1.82, 2.24) is 10.2 Å². The molecule has 0 radical (unpaired) electrons. The van der Waals surface area contributed by atoms with Gasteiger partial charge in [0.2, 0.25) is 0 Å². The molecule has 0 saturated heterocycles. The second-order valence-corrected chi connectivity index (χ2v) is 4.76. The summed E-state index contributed by atoms with van der Waals surface area (Å²) in [7, 11) is 1.45. The molecule has 0 bridgehead atoms. The molecule has 19 heavy (non-hydrogen) atoms. The predicted octanol–water partition coefficient (Wildman–Crippen LogP) is 3.08. The number of hydrogen-bond acceptors (Lipinski definition) is 3. The average Bonchev–Trinajstić information content (AvgIpc) is 2.57. The molecule has 1 aromatic heterocycles. The van der Waals surface area contributed by atoms with E-state index >= 15 is 0 Å². The molecular formula is C13H21F3N2O. The number of alkyl halides is 3. The van der Waals surface area contributed by atoms with Gasteiger partial charge >= 0.3 is 6.18 Å². The monoisotopic (exact) mass is 278 g/mol. The van der Waals surface area contributed by atoms with Gasteiger partial charge in [0.15, 0.2) is 0 Å². The molecular weight excluding hydrogens is 257 g/mol. The third-order valence-electron chi connectivity index (χ3n) is 2.69. The van der Waals surface area contributed by atoms with E-state index in [2.05, 4.69) is 12.2 Å². The van der Waals surface area contributed by atoms with E-state index in [1.165, 1.54) is 11.9 Å². The van der Waals surface area contributed by atoms with Crippen LogP contribution >= 0.6 is 0 Å². The molecule has 0 aromatic carbocycles. The van der Waals surface area contributed by atoms with E-state index in [-0.39, 0.29) is 6.54 Å². The number of nitrogens with zero attached hydrogens (tertiary/aromatic N) is 1. The summed E-state index contributed by atoms with van der Waals surface area (Å²) in [6.07, 6.45) is -3.14. The molecule has 0 aliphatic heterocycles. The lowest BCUT2D eigenvalue weighted by molar-refractivity contribution is -0.144. The first-order chi connectivity index (χ1) is 8.81. The van der Waals surface area contributed by atoms with Crippen molar-refractivity contribution in [3.05, 3.63) is 23.2 Å². The van der Waals surface area contributed by atoms with Gasteiger partial charge in [-0.05, 0) is 33.0 Å². The normalized spacial score (nSPS) is 12.4. The number of nitrogens with one attached hydrogen (secondary N) is 1. The van der Waals surface area contributed by atoms with Crippen LogP contribution in [0.25, 0.3) is 0 Å². The fourth-order valence-corrected chi connectivity index (χ4v) is 1.87. The SMILES string of the molecule is CCCNCc1cc(CN(C)CC(F)(F)F)c(C)o1. The van der Waals surface area contributed by atoms with Crippen molar-refractivity contribution in [1.29, 1.82) is 0 Å². The van der Waals surface area contributed by atoms with Crippen LogP contribution in [0.15, 0.2) is 10.5 Å². The number of furan rings is 1. The van der Waals surface area contributed by atoms with Crippen LogP contribution in [0.1, 0.15) is 30.4 Å². The summed E-state index contributed by atoms with van der Waals surface area (Å²) in [6.45, 7) is 4.67. The van der Waals surface area contributed by atoms with Gasteiger partial charge in [0.05, 0.1) is 13.1 Å². The average molecular weight is 278 g/mol. The summed E-state index contributed by atoms with van der Waals surface area (Å²) in [5, 5.41) is 3.20. The molecule has 0 fully saturated rings. The number of hydrogen-bond donors (Lipinski definition) is 1. The maximum Gasteiger partial charge on any atom is 0.401 e. The van der Waals surface area contributed by atoms with Crippen LogP contribution in [0.4, 0.5) is 13.2 Å². The van der Waals surface area contributed by atoms with Gasteiger partial charge in [-0.2, -0.15) is 13.2 Å². The van der Waals surface area contributed by atoms with E-state index in [1.54, 1.807) is 6.92 Å². The van der Waals surface area contributed by atoms with Crippen molar-refractivity contribution < 1.29 is 17.6 Å². The van der Waals surface area contributed by atoms with E-state index in [0.29, 0.717) is 12.3 Å². The molecule has 0 saturated carbocycles. The van der Waals surface area contributed by atoms with Crippen LogP contribution in [-0.4, -0.2) is 31.2 Å².